The molecular weight excluding hydrogens is 349 g/mol. The summed E-state index contributed by atoms with van der Waals surface area (Å²) in [6.07, 6.45) is 1.62. The molecule has 8 heteroatoms. The molecule has 1 aromatic rings. The summed E-state index contributed by atoms with van der Waals surface area (Å²) in [5.74, 6) is -1.82. The van der Waals surface area contributed by atoms with Crippen LogP contribution in [0.1, 0.15) is 18.4 Å². The third-order valence-electron chi connectivity index (χ3n) is 2.92. The van der Waals surface area contributed by atoms with Crippen molar-refractivity contribution in [2.24, 2.45) is 0 Å². The van der Waals surface area contributed by atoms with Crippen LogP contribution in [0.15, 0.2) is 23.1 Å². The highest BCUT2D eigenvalue weighted by Crippen LogP contribution is 2.34. The summed E-state index contributed by atoms with van der Waals surface area (Å²) in [5, 5.41) is 8.82. The number of benzene rings is 1. The maximum absolute atomic E-state index is 13.8. The van der Waals surface area contributed by atoms with Crippen molar-refractivity contribution in [3.8, 4) is 0 Å². The Labute approximate surface area is 140 Å². The van der Waals surface area contributed by atoms with E-state index in [-0.39, 0.29) is 34.4 Å². The number of amides is 1. The second kappa shape index (κ2) is 7.21. The molecule has 2 rings (SSSR count). The molecule has 1 amide bonds. The molecule has 1 fully saturated rings. The topological polar surface area (TPSA) is 57.6 Å². The van der Waals surface area contributed by atoms with Gasteiger partial charge < -0.3 is 5.11 Å². The van der Waals surface area contributed by atoms with Crippen LogP contribution < -0.4 is 0 Å². The molecule has 22 heavy (non-hydrogen) atoms. The summed E-state index contributed by atoms with van der Waals surface area (Å²) < 4.78 is 14.1. The minimum absolute atomic E-state index is 0.0464. The number of carboxylic acid groups (broad SMARTS) is 1. The van der Waals surface area contributed by atoms with Gasteiger partial charge in [0.2, 0.25) is 0 Å². The normalized spacial score (nSPS) is 16.6. The Bertz CT molecular complexity index is 658. The minimum atomic E-state index is -0.931. The Hall–Kier alpha value is -1.44. The maximum Gasteiger partial charge on any atom is 0.303 e. The SMILES string of the molecule is O=C(O)CCCN1C(=O)C(=Cc2c(F)cccc2Cl)SC1=S. The largest absolute Gasteiger partial charge is 0.481 e. The van der Waals surface area contributed by atoms with Crippen molar-refractivity contribution in [2.45, 2.75) is 12.8 Å². The molecule has 1 N–H and O–H groups in total. The molecule has 1 aliphatic rings. The Morgan fingerprint density at radius 2 is 2.23 bits per heavy atom. The van der Waals surface area contributed by atoms with Gasteiger partial charge in [-0.25, -0.2) is 4.39 Å². The van der Waals surface area contributed by atoms with Crippen molar-refractivity contribution in [1.29, 1.82) is 0 Å². The quantitative estimate of drug-likeness (QED) is 0.643. The molecule has 1 saturated heterocycles. The van der Waals surface area contributed by atoms with E-state index in [1.165, 1.54) is 29.2 Å². The zero-order chi connectivity index (χ0) is 16.3. The summed E-state index contributed by atoms with van der Waals surface area (Å²) in [5.41, 5.74) is 0.134. The number of aliphatic carboxylic acids is 1. The van der Waals surface area contributed by atoms with Crippen LogP contribution in [0.2, 0.25) is 5.02 Å². The molecule has 0 aliphatic carbocycles. The maximum atomic E-state index is 13.8. The van der Waals surface area contributed by atoms with Crippen molar-refractivity contribution >= 4 is 57.9 Å². The number of carboxylic acids is 1. The van der Waals surface area contributed by atoms with Gasteiger partial charge in [0.25, 0.3) is 5.91 Å². The van der Waals surface area contributed by atoms with E-state index >= 15 is 0 Å². The fourth-order valence-electron chi connectivity index (χ4n) is 1.86. The van der Waals surface area contributed by atoms with Crippen molar-refractivity contribution in [3.63, 3.8) is 0 Å². The van der Waals surface area contributed by atoms with Crippen LogP contribution in [-0.2, 0) is 9.59 Å². The first-order valence-corrected chi connectivity index (χ1v) is 7.91. The molecule has 116 valence electrons. The van der Waals surface area contributed by atoms with E-state index in [0.29, 0.717) is 10.7 Å². The van der Waals surface area contributed by atoms with Gasteiger partial charge in [0.15, 0.2) is 0 Å². The average molecular weight is 360 g/mol. The number of thioether (sulfide) groups is 1. The summed E-state index contributed by atoms with van der Waals surface area (Å²) in [4.78, 5) is 24.4. The Balaban J connectivity index is 2.17. The van der Waals surface area contributed by atoms with Crippen LogP contribution in [0, 0.1) is 5.82 Å². The predicted molar refractivity (Wildman–Crippen MR) is 88.2 cm³/mol. The van der Waals surface area contributed by atoms with Crippen molar-refractivity contribution < 1.29 is 19.1 Å². The number of nitrogens with zero attached hydrogens (tertiary/aromatic N) is 1. The summed E-state index contributed by atoms with van der Waals surface area (Å²) in [6, 6.07) is 4.27. The van der Waals surface area contributed by atoms with E-state index in [2.05, 4.69) is 0 Å². The van der Waals surface area contributed by atoms with Gasteiger partial charge in [0.05, 0.1) is 9.93 Å². The molecule has 0 bridgehead atoms. The summed E-state index contributed by atoms with van der Waals surface area (Å²) in [7, 11) is 0. The van der Waals surface area contributed by atoms with Crippen molar-refractivity contribution in [1.82, 2.24) is 4.90 Å². The lowest BCUT2D eigenvalue weighted by atomic mass is 10.2. The molecule has 0 spiro atoms. The van der Waals surface area contributed by atoms with Crippen LogP contribution in [0.5, 0.6) is 0 Å². The highest BCUT2D eigenvalue weighted by Gasteiger charge is 2.32. The monoisotopic (exact) mass is 359 g/mol. The molecule has 0 saturated carbocycles. The molecule has 1 aromatic carbocycles. The summed E-state index contributed by atoms with van der Waals surface area (Å²) >= 11 is 12.1. The van der Waals surface area contributed by atoms with E-state index < -0.39 is 11.8 Å². The van der Waals surface area contributed by atoms with E-state index in [1.807, 2.05) is 0 Å². The van der Waals surface area contributed by atoms with E-state index in [4.69, 9.17) is 28.9 Å². The van der Waals surface area contributed by atoms with Gasteiger partial charge in [-0.1, -0.05) is 41.6 Å². The number of carbonyl (C=O) groups excluding carboxylic acids is 1. The smallest absolute Gasteiger partial charge is 0.303 e. The van der Waals surface area contributed by atoms with E-state index in [1.54, 1.807) is 0 Å². The zero-order valence-electron chi connectivity index (χ0n) is 11.2. The number of halogens is 2. The van der Waals surface area contributed by atoms with Crippen LogP contribution in [-0.4, -0.2) is 32.7 Å². The van der Waals surface area contributed by atoms with Gasteiger partial charge >= 0.3 is 5.97 Å². The predicted octanol–water partition coefficient (Wildman–Crippen LogP) is 3.55. The third-order valence-corrected chi connectivity index (χ3v) is 4.63. The van der Waals surface area contributed by atoms with E-state index in [9.17, 15) is 14.0 Å². The lowest BCUT2D eigenvalue weighted by Gasteiger charge is -2.13. The van der Waals surface area contributed by atoms with Gasteiger partial charge in [-0.05, 0) is 24.6 Å². The Kier molecular flexibility index (Phi) is 5.55. The molecule has 0 radical (unpaired) electrons. The molecule has 0 atom stereocenters. The fraction of sp³-hybridized carbons (Fsp3) is 0.214. The Morgan fingerprint density at radius 1 is 1.50 bits per heavy atom. The van der Waals surface area contributed by atoms with E-state index in [0.717, 1.165) is 11.8 Å². The first-order valence-electron chi connectivity index (χ1n) is 6.31. The second-order valence-electron chi connectivity index (χ2n) is 4.47. The molecule has 0 unspecified atom stereocenters. The van der Waals surface area contributed by atoms with Crippen LogP contribution in [0.4, 0.5) is 4.39 Å². The van der Waals surface area contributed by atoms with Gasteiger partial charge in [-0.2, -0.15) is 0 Å². The zero-order valence-corrected chi connectivity index (χ0v) is 13.6. The number of rotatable bonds is 5. The standard InChI is InChI=1S/C14H11ClFNO3S2/c15-9-3-1-4-10(16)8(9)7-11-13(20)17(14(21)22-11)6-2-5-12(18)19/h1,3-4,7H,2,5-6H2,(H,18,19). The lowest BCUT2D eigenvalue weighted by Crippen LogP contribution is -2.29. The molecule has 0 aromatic heterocycles. The van der Waals surface area contributed by atoms with Crippen molar-refractivity contribution in [2.75, 3.05) is 6.54 Å². The van der Waals surface area contributed by atoms with Crippen LogP contribution >= 0.6 is 35.6 Å². The highest BCUT2D eigenvalue weighted by atomic mass is 35.5. The minimum Gasteiger partial charge on any atom is -0.481 e. The van der Waals surface area contributed by atoms with Gasteiger partial charge in [0, 0.05) is 18.5 Å². The van der Waals surface area contributed by atoms with Crippen molar-refractivity contribution in [3.05, 3.63) is 39.5 Å². The van der Waals surface area contributed by atoms with Crippen LogP contribution in [0.3, 0.4) is 0 Å². The number of carbonyl (C=O) groups is 2. The lowest BCUT2D eigenvalue weighted by molar-refractivity contribution is -0.137. The van der Waals surface area contributed by atoms with Gasteiger partial charge in [0.1, 0.15) is 10.1 Å². The van der Waals surface area contributed by atoms with Crippen LogP contribution in [0.25, 0.3) is 6.08 Å². The van der Waals surface area contributed by atoms with Gasteiger partial charge in [-0.15, -0.1) is 0 Å². The first-order chi connectivity index (χ1) is 10.4. The molecule has 4 nitrogen and oxygen atoms in total. The average Bonchev–Trinajstić information content (AvgIpc) is 2.70. The van der Waals surface area contributed by atoms with Gasteiger partial charge in [-0.3, -0.25) is 14.5 Å². The second-order valence-corrected chi connectivity index (χ2v) is 6.55. The number of hydrogen-bond acceptors (Lipinski definition) is 4. The number of thiocarbonyl (C=S) groups is 1. The number of hydrogen-bond donors (Lipinski definition) is 1. The third kappa shape index (κ3) is 3.85. The first kappa shape index (κ1) is 16.9. The highest BCUT2D eigenvalue weighted by molar-refractivity contribution is 8.26. The molecule has 1 aliphatic heterocycles. The Morgan fingerprint density at radius 3 is 2.86 bits per heavy atom. The molecule has 1 heterocycles. The fourth-order valence-corrected chi connectivity index (χ4v) is 3.37. The summed E-state index contributed by atoms with van der Waals surface area (Å²) in [6.45, 7) is 0.222. The molecular formula is C14H11ClFNO3S2.